The van der Waals surface area contributed by atoms with Crippen LogP contribution in [0.15, 0.2) is 206 Å². The monoisotopic (exact) mass is 706 g/mol. The Bertz CT molecular complexity index is 3190. The molecule has 0 N–H and O–H groups in total. The molecule has 2 aromatic heterocycles. The predicted octanol–water partition coefficient (Wildman–Crippen LogP) is 13.0. The number of rotatable bonds is 7. The summed E-state index contributed by atoms with van der Waals surface area (Å²) in [5.74, 6) is 1.59. The van der Waals surface area contributed by atoms with Crippen molar-refractivity contribution in [3.05, 3.63) is 206 Å². The summed E-state index contributed by atoms with van der Waals surface area (Å²) in [6.45, 7) is 0. The van der Waals surface area contributed by atoms with Crippen LogP contribution in [-0.4, -0.2) is 19.5 Å². The van der Waals surface area contributed by atoms with E-state index in [4.69, 9.17) is 20.4 Å². The Morgan fingerprint density at radius 1 is 0.364 bits per heavy atom. The number of fused-ring (bicyclic) bond motifs is 3. The summed E-state index contributed by atoms with van der Waals surface area (Å²) in [5.41, 5.74) is 10.5. The van der Waals surface area contributed by atoms with Crippen molar-refractivity contribution in [1.82, 2.24) is 19.5 Å². The van der Waals surface area contributed by atoms with Gasteiger partial charge in [-0.1, -0.05) is 176 Å². The molecule has 0 radical (unpaired) electrons. The molecule has 0 spiro atoms. The van der Waals surface area contributed by atoms with E-state index in [1.54, 1.807) is 6.07 Å². The summed E-state index contributed by atoms with van der Waals surface area (Å²) in [6.07, 6.45) is 0. The molecule has 0 saturated heterocycles. The Kier molecular flexibility index (Phi) is 7.08. The molecule has 4 nitrogen and oxygen atoms in total. The van der Waals surface area contributed by atoms with E-state index in [1.807, 2.05) is 126 Å². The Hall–Kier alpha value is -7.43. The molecule has 0 atom stereocenters. The highest BCUT2D eigenvalue weighted by molar-refractivity contribution is 6.13. The highest BCUT2D eigenvalue weighted by Crippen LogP contribution is 2.39. The Balaban J connectivity index is 1.17. The van der Waals surface area contributed by atoms with Gasteiger partial charge in [0, 0.05) is 38.7 Å². The first-order chi connectivity index (χ1) is 28.9. The molecule has 10 aromatic rings. The first-order valence-electron chi connectivity index (χ1n) is 20.2. The number of hydrogen-bond donors (Lipinski definition) is 0. The van der Waals surface area contributed by atoms with Crippen LogP contribution in [0.3, 0.4) is 0 Å². The zero-order valence-electron chi connectivity index (χ0n) is 33.6. The molecule has 10 rings (SSSR count). The van der Waals surface area contributed by atoms with E-state index in [2.05, 4.69) is 48.5 Å². The normalized spacial score (nSPS) is 12.3. The van der Waals surface area contributed by atoms with Gasteiger partial charge in [-0.15, -0.1) is 0 Å². The summed E-state index contributed by atoms with van der Waals surface area (Å²) in [6, 6.07) is 60.1. The van der Waals surface area contributed by atoms with Crippen molar-refractivity contribution in [2.45, 2.75) is 0 Å². The topological polar surface area (TPSA) is 43.6 Å². The summed E-state index contributed by atoms with van der Waals surface area (Å²) >= 11 is 0. The first kappa shape index (κ1) is 28.1. The standard InChI is InChI=1S/C51H34N4/c1-4-15-35(16-5-1)37-29-31-38(32-30-37)49-52-50(41-21-12-19-39(33-41)36-17-6-2-7-18-36)54-51(53-49)42-22-13-20-40(34-42)44-26-14-27-46-45-25-10-11-28-47(45)55(48(44)46)43-23-8-3-9-24-43/h1-34H/i10D,25D,27D,28D. The number of para-hydroxylation sites is 3. The zero-order valence-corrected chi connectivity index (χ0v) is 29.6. The largest absolute Gasteiger partial charge is 0.309 e. The van der Waals surface area contributed by atoms with Gasteiger partial charge in [0.2, 0.25) is 0 Å². The van der Waals surface area contributed by atoms with Crippen molar-refractivity contribution >= 4 is 21.8 Å². The van der Waals surface area contributed by atoms with Crippen molar-refractivity contribution in [2.24, 2.45) is 0 Å². The van der Waals surface area contributed by atoms with Gasteiger partial charge in [0.1, 0.15) is 0 Å². The minimum atomic E-state index is -0.0492. The Morgan fingerprint density at radius 3 is 1.55 bits per heavy atom. The van der Waals surface area contributed by atoms with Gasteiger partial charge >= 0.3 is 0 Å². The van der Waals surface area contributed by atoms with E-state index in [0.717, 1.165) is 55.8 Å². The second-order valence-corrected chi connectivity index (χ2v) is 13.3. The Labute approximate surface area is 325 Å². The first-order valence-corrected chi connectivity index (χ1v) is 18.2. The van der Waals surface area contributed by atoms with Crippen LogP contribution in [0.2, 0.25) is 0 Å². The van der Waals surface area contributed by atoms with Gasteiger partial charge in [-0.25, -0.2) is 15.0 Å². The minimum absolute atomic E-state index is 0.00605. The maximum absolute atomic E-state index is 9.09. The molecule has 4 heteroatoms. The van der Waals surface area contributed by atoms with Crippen LogP contribution in [0.1, 0.15) is 5.48 Å². The SMILES string of the molecule is [2H]c1cc([2H])c2c(c1[2H])c1c([2H])ccc(-c3cccc(-c4nc(-c5ccc(-c6ccccc6)cc5)nc(-c5cccc(-c6ccccc6)c5)n4)c3)c1n2-c1ccccc1. The molecular weight excluding hydrogens is 669 g/mol. The highest BCUT2D eigenvalue weighted by atomic mass is 15.0. The third-order valence-corrected chi connectivity index (χ3v) is 9.94. The average molecular weight is 707 g/mol. The van der Waals surface area contributed by atoms with Crippen LogP contribution in [0, 0.1) is 0 Å². The van der Waals surface area contributed by atoms with Gasteiger partial charge in [-0.3, -0.25) is 0 Å². The minimum Gasteiger partial charge on any atom is -0.309 e. The lowest BCUT2D eigenvalue weighted by atomic mass is 9.99. The lowest BCUT2D eigenvalue weighted by Gasteiger charge is -2.13. The predicted molar refractivity (Wildman–Crippen MR) is 227 cm³/mol. The third kappa shape index (κ3) is 6.06. The molecule has 0 amide bonds. The molecule has 0 unspecified atom stereocenters. The number of hydrogen-bond acceptors (Lipinski definition) is 3. The average Bonchev–Trinajstić information content (AvgIpc) is 3.67. The zero-order chi connectivity index (χ0) is 40.0. The molecule has 0 saturated carbocycles. The lowest BCUT2D eigenvalue weighted by Crippen LogP contribution is -2.00. The molecule has 8 aromatic carbocycles. The fourth-order valence-corrected chi connectivity index (χ4v) is 7.29. The third-order valence-electron chi connectivity index (χ3n) is 9.94. The molecule has 0 aliphatic rings. The molecule has 55 heavy (non-hydrogen) atoms. The summed E-state index contributed by atoms with van der Waals surface area (Å²) in [4.78, 5) is 15.3. The van der Waals surface area contributed by atoms with Crippen LogP contribution < -0.4 is 0 Å². The summed E-state index contributed by atoms with van der Waals surface area (Å²) in [5, 5.41) is 0.952. The Morgan fingerprint density at radius 2 is 0.873 bits per heavy atom. The van der Waals surface area contributed by atoms with E-state index < -0.39 is 0 Å². The van der Waals surface area contributed by atoms with Gasteiger partial charge in [0.25, 0.3) is 0 Å². The fourth-order valence-electron chi connectivity index (χ4n) is 7.29. The molecule has 0 bridgehead atoms. The quantitative estimate of drug-likeness (QED) is 0.166. The van der Waals surface area contributed by atoms with Crippen molar-refractivity contribution in [3.8, 4) is 73.2 Å². The van der Waals surface area contributed by atoms with Gasteiger partial charge in [-0.05, 0) is 58.1 Å². The van der Waals surface area contributed by atoms with Crippen LogP contribution >= 0.6 is 0 Å². The van der Waals surface area contributed by atoms with E-state index in [9.17, 15) is 0 Å². The maximum Gasteiger partial charge on any atom is 0.164 e. The van der Waals surface area contributed by atoms with Gasteiger partial charge in [0.05, 0.1) is 16.5 Å². The van der Waals surface area contributed by atoms with Crippen molar-refractivity contribution in [1.29, 1.82) is 0 Å². The van der Waals surface area contributed by atoms with Crippen molar-refractivity contribution < 1.29 is 5.48 Å². The van der Waals surface area contributed by atoms with Crippen LogP contribution in [-0.2, 0) is 0 Å². The molecular formula is C51H34N4. The maximum atomic E-state index is 9.09. The van der Waals surface area contributed by atoms with Crippen LogP contribution in [0.25, 0.3) is 95.0 Å². The van der Waals surface area contributed by atoms with Crippen molar-refractivity contribution in [3.63, 3.8) is 0 Å². The van der Waals surface area contributed by atoms with Crippen LogP contribution in [0.4, 0.5) is 0 Å². The van der Waals surface area contributed by atoms with Crippen LogP contribution in [0.5, 0.6) is 0 Å². The molecule has 0 aliphatic carbocycles. The smallest absolute Gasteiger partial charge is 0.164 e. The second-order valence-electron chi connectivity index (χ2n) is 13.3. The highest BCUT2D eigenvalue weighted by Gasteiger charge is 2.18. The number of aromatic nitrogens is 4. The molecule has 2 heterocycles. The van der Waals surface area contributed by atoms with E-state index >= 15 is 0 Å². The number of nitrogens with zero attached hydrogens (tertiary/aromatic N) is 4. The lowest BCUT2D eigenvalue weighted by molar-refractivity contribution is 1.07. The van der Waals surface area contributed by atoms with E-state index in [1.165, 1.54) is 6.07 Å². The molecule has 0 fully saturated rings. The fraction of sp³-hybridized carbons (Fsp3) is 0. The second kappa shape index (κ2) is 13.8. The molecule has 0 aliphatic heterocycles. The van der Waals surface area contributed by atoms with Gasteiger partial charge in [0.15, 0.2) is 17.5 Å². The van der Waals surface area contributed by atoms with Gasteiger partial charge in [-0.2, -0.15) is 0 Å². The van der Waals surface area contributed by atoms with Gasteiger partial charge < -0.3 is 4.57 Å². The summed E-state index contributed by atoms with van der Waals surface area (Å²) < 4.78 is 37.5. The van der Waals surface area contributed by atoms with E-state index in [0.29, 0.717) is 39.3 Å². The van der Waals surface area contributed by atoms with E-state index in [-0.39, 0.29) is 24.2 Å². The summed E-state index contributed by atoms with van der Waals surface area (Å²) in [7, 11) is 0. The van der Waals surface area contributed by atoms with Crippen molar-refractivity contribution in [2.75, 3.05) is 0 Å². The molecule has 258 valence electrons. The number of benzene rings is 8.